The monoisotopic (exact) mass is 774 g/mol. The summed E-state index contributed by atoms with van der Waals surface area (Å²) in [4.78, 5) is 23.1. The van der Waals surface area contributed by atoms with Gasteiger partial charge in [0.1, 0.15) is 13.2 Å². The van der Waals surface area contributed by atoms with Crippen LogP contribution in [-0.2, 0) is 18.4 Å². The van der Waals surface area contributed by atoms with Gasteiger partial charge in [-0.3, -0.25) is 13.8 Å². The fraction of sp³-hybridized carbons (Fsp3) is 0.932. The summed E-state index contributed by atoms with van der Waals surface area (Å²) in [6.45, 7) is 4.87. The first kappa shape index (κ1) is 52.2. The minimum Gasteiger partial charge on any atom is -0.391 e. The second-order valence-electron chi connectivity index (χ2n) is 16.8. The number of amides is 1. The van der Waals surface area contributed by atoms with Crippen LogP contribution >= 0.6 is 7.82 Å². The van der Waals surface area contributed by atoms with Gasteiger partial charge >= 0.3 is 7.82 Å². The van der Waals surface area contributed by atoms with Crippen LogP contribution in [0.5, 0.6) is 0 Å². The zero-order chi connectivity index (χ0) is 39.3. The first-order valence-electron chi connectivity index (χ1n) is 22.6. The van der Waals surface area contributed by atoms with Crippen LogP contribution in [0.4, 0.5) is 0 Å². The molecule has 0 aromatic rings. The van der Waals surface area contributed by atoms with E-state index in [0.29, 0.717) is 23.9 Å². The van der Waals surface area contributed by atoms with Crippen LogP contribution in [0.1, 0.15) is 213 Å². The number of phosphoric acid groups is 1. The number of hydrogen-bond donors (Lipinski definition) is 3. The Morgan fingerprint density at radius 3 is 1.45 bits per heavy atom. The second kappa shape index (κ2) is 36.9. The van der Waals surface area contributed by atoms with E-state index in [4.69, 9.17) is 9.05 Å². The van der Waals surface area contributed by atoms with Gasteiger partial charge in [0.2, 0.25) is 5.91 Å². The van der Waals surface area contributed by atoms with Gasteiger partial charge in [0.25, 0.3) is 0 Å². The number of quaternary nitrogens is 1. The number of unbranched alkanes of at least 4 members (excludes halogenated alkanes) is 26. The minimum absolute atomic E-state index is 0.0763. The highest BCUT2D eigenvalue weighted by Crippen LogP contribution is 2.43. The number of aliphatic hydroxyl groups excluding tert-OH is 1. The van der Waals surface area contributed by atoms with Crippen molar-refractivity contribution in [3.05, 3.63) is 12.2 Å². The summed E-state index contributed by atoms with van der Waals surface area (Å²) in [7, 11) is 1.62. The SMILES string of the molecule is CCCCCCCC/C=C/CCCCCCCCCCCCCC(=O)N[C@@H](COP(=O)(O)OCC[N+](C)(C)C)[C@H](O)CCCCCCCCCCCC. The van der Waals surface area contributed by atoms with Crippen molar-refractivity contribution in [2.45, 2.75) is 225 Å². The van der Waals surface area contributed by atoms with Crippen molar-refractivity contribution in [2.75, 3.05) is 40.9 Å². The van der Waals surface area contributed by atoms with Crippen molar-refractivity contribution in [1.29, 1.82) is 0 Å². The van der Waals surface area contributed by atoms with Crippen molar-refractivity contribution in [2.24, 2.45) is 0 Å². The Balaban J connectivity index is 4.22. The van der Waals surface area contributed by atoms with Gasteiger partial charge in [-0.05, 0) is 38.5 Å². The second-order valence-corrected chi connectivity index (χ2v) is 18.2. The first-order valence-corrected chi connectivity index (χ1v) is 24.0. The number of nitrogens with one attached hydrogen (secondary N) is 1. The van der Waals surface area contributed by atoms with Crippen LogP contribution < -0.4 is 5.32 Å². The van der Waals surface area contributed by atoms with E-state index in [1.165, 1.54) is 148 Å². The zero-order valence-electron chi connectivity index (χ0n) is 35.8. The van der Waals surface area contributed by atoms with E-state index in [1.54, 1.807) is 0 Å². The lowest BCUT2D eigenvalue weighted by atomic mass is 10.0. The summed E-state index contributed by atoms with van der Waals surface area (Å²) < 4.78 is 23.6. The molecule has 8 nitrogen and oxygen atoms in total. The van der Waals surface area contributed by atoms with Crippen LogP contribution in [0.15, 0.2) is 12.2 Å². The maximum atomic E-state index is 12.9. The predicted octanol–water partition coefficient (Wildman–Crippen LogP) is 12.4. The number of hydrogen-bond acceptors (Lipinski definition) is 5. The minimum atomic E-state index is -4.30. The number of likely N-dealkylation sites (N-methyl/N-ethyl adjacent to an activating group) is 1. The van der Waals surface area contributed by atoms with Crippen LogP contribution in [0.25, 0.3) is 0 Å². The molecule has 1 unspecified atom stereocenters. The first-order chi connectivity index (χ1) is 25.5. The largest absolute Gasteiger partial charge is 0.472 e. The fourth-order valence-corrected chi connectivity index (χ4v) is 7.36. The molecule has 0 rings (SSSR count). The van der Waals surface area contributed by atoms with E-state index in [-0.39, 0.29) is 19.1 Å². The molecule has 0 aromatic carbocycles. The van der Waals surface area contributed by atoms with E-state index in [0.717, 1.165) is 38.5 Å². The molecule has 0 radical (unpaired) electrons. The van der Waals surface area contributed by atoms with Gasteiger partial charge in [-0.25, -0.2) is 4.57 Å². The van der Waals surface area contributed by atoms with Gasteiger partial charge in [-0.15, -0.1) is 0 Å². The number of carbonyl (C=O) groups is 1. The van der Waals surface area contributed by atoms with Crippen molar-refractivity contribution < 1.29 is 32.9 Å². The summed E-state index contributed by atoms with van der Waals surface area (Å²) in [6, 6.07) is -0.755. The zero-order valence-corrected chi connectivity index (χ0v) is 36.7. The molecular formula is C44H90N2O6P+. The maximum Gasteiger partial charge on any atom is 0.472 e. The molecule has 3 N–H and O–H groups in total. The van der Waals surface area contributed by atoms with Gasteiger partial charge in [-0.2, -0.15) is 0 Å². The number of allylic oxidation sites excluding steroid dienone is 2. The van der Waals surface area contributed by atoms with E-state index in [2.05, 4.69) is 31.3 Å². The maximum absolute atomic E-state index is 12.9. The Kier molecular flexibility index (Phi) is 36.3. The van der Waals surface area contributed by atoms with Gasteiger partial charge in [0.15, 0.2) is 0 Å². The molecule has 0 bridgehead atoms. The van der Waals surface area contributed by atoms with Gasteiger partial charge < -0.3 is 19.8 Å². The molecule has 0 aliphatic rings. The Hall–Kier alpha value is -0.760. The highest BCUT2D eigenvalue weighted by atomic mass is 31.2. The molecular weight excluding hydrogens is 683 g/mol. The number of phosphoric ester groups is 1. The Morgan fingerprint density at radius 2 is 1.02 bits per heavy atom. The summed E-state index contributed by atoms with van der Waals surface area (Å²) in [5.41, 5.74) is 0. The molecule has 0 spiro atoms. The number of carbonyl (C=O) groups excluding carboxylic acids is 1. The van der Waals surface area contributed by atoms with Gasteiger partial charge in [0, 0.05) is 6.42 Å². The smallest absolute Gasteiger partial charge is 0.391 e. The molecule has 0 aromatic heterocycles. The third-order valence-electron chi connectivity index (χ3n) is 10.3. The summed E-state index contributed by atoms with van der Waals surface area (Å²) in [6.07, 6.45) is 41.0. The van der Waals surface area contributed by atoms with E-state index >= 15 is 0 Å². The van der Waals surface area contributed by atoms with E-state index in [1.807, 2.05) is 21.1 Å². The molecule has 0 aliphatic heterocycles. The van der Waals surface area contributed by atoms with Crippen molar-refractivity contribution >= 4 is 13.7 Å². The average molecular weight is 774 g/mol. The standard InChI is InChI=1S/C44H89N2O6P/c1-6-8-10-12-14-16-18-19-20-21-22-23-24-25-26-27-28-30-32-34-36-38-44(48)45-42(41-52-53(49,50)51-40-39-46(3,4)5)43(47)37-35-33-31-29-17-15-13-11-9-7-2/h19-20,42-43,47H,6-18,21-41H2,1-5H3,(H-,45,48,49,50)/p+1/b20-19+/t42-,43+/m0/s1. The lowest BCUT2D eigenvalue weighted by Crippen LogP contribution is -2.46. The molecule has 316 valence electrons. The number of aliphatic hydroxyl groups is 1. The molecule has 9 heteroatoms. The highest BCUT2D eigenvalue weighted by molar-refractivity contribution is 7.47. The van der Waals surface area contributed by atoms with Crippen molar-refractivity contribution in [3.8, 4) is 0 Å². The third kappa shape index (κ3) is 39.3. The molecule has 1 amide bonds. The van der Waals surface area contributed by atoms with E-state index in [9.17, 15) is 19.4 Å². The van der Waals surface area contributed by atoms with Crippen molar-refractivity contribution in [1.82, 2.24) is 5.32 Å². The van der Waals surface area contributed by atoms with Crippen LogP contribution in [0.2, 0.25) is 0 Å². The lowest BCUT2D eigenvalue weighted by molar-refractivity contribution is -0.870. The van der Waals surface area contributed by atoms with Crippen LogP contribution in [-0.4, -0.2) is 73.4 Å². The van der Waals surface area contributed by atoms with Gasteiger partial charge in [0.05, 0.1) is 39.9 Å². The predicted molar refractivity (Wildman–Crippen MR) is 226 cm³/mol. The normalized spacial score (nSPS) is 14.5. The Bertz CT molecular complexity index is 880. The lowest BCUT2D eigenvalue weighted by Gasteiger charge is -2.26. The molecule has 0 fully saturated rings. The van der Waals surface area contributed by atoms with Gasteiger partial charge in [-0.1, -0.05) is 180 Å². The summed E-state index contributed by atoms with van der Waals surface area (Å²) in [5, 5.41) is 13.9. The number of nitrogens with zero attached hydrogens (tertiary/aromatic N) is 1. The summed E-state index contributed by atoms with van der Waals surface area (Å²) in [5.74, 6) is -0.146. The topological polar surface area (TPSA) is 105 Å². The van der Waals surface area contributed by atoms with Crippen LogP contribution in [0.3, 0.4) is 0 Å². The molecule has 0 heterocycles. The number of rotatable bonds is 41. The van der Waals surface area contributed by atoms with Crippen molar-refractivity contribution in [3.63, 3.8) is 0 Å². The summed E-state index contributed by atoms with van der Waals surface area (Å²) >= 11 is 0. The molecule has 53 heavy (non-hydrogen) atoms. The average Bonchev–Trinajstić information content (AvgIpc) is 3.10. The molecule has 0 saturated heterocycles. The highest BCUT2D eigenvalue weighted by Gasteiger charge is 2.28. The Morgan fingerprint density at radius 1 is 0.623 bits per heavy atom. The van der Waals surface area contributed by atoms with E-state index < -0.39 is 20.0 Å². The molecule has 3 atom stereocenters. The molecule has 0 saturated carbocycles. The van der Waals surface area contributed by atoms with Crippen LogP contribution in [0, 0.1) is 0 Å². The fourth-order valence-electron chi connectivity index (χ4n) is 6.63. The Labute approximate surface area is 329 Å². The molecule has 0 aliphatic carbocycles. The third-order valence-corrected chi connectivity index (χ3v) is 11.2. The quantitative estimate of drug-likeness (QED) is 0.0247.